The molecule has 1 saturated carbocycles. The van der Waals surface area contributed by atoms with Crippen LogP contribution in [0.2, 0.25) is 0 Å². The lowest BCUT2D eigenvalue weighted by Crippen LogP contribution is -2.32. The van der Waals surface area contributed by atoms with Crippen molar-refractivity contribution in [1.29, 1.82) is 0 Å². The third-order valence-corrected chi connectivity index (χ3v) is 5.82. The van der Waals surface area contributed by atoms with E-state index >= 15 is 0 Å². The number of hydrogen-bond donors (Lipinski definition) is 2. The number of aromatic nitrogens is 3. The van der Waals surface area contributed by atoms with Gasteiger partial charge in [0, 0.05) is 30.8 Å². The first-order valence-corrected chi connectivity index (χ1v) is 9.32. The normalized spacial score (nSPS) is 24.9. The van der Waals surface area contributed by atoms with E-state index < -0.39 is 11.5 Å². The molecule has 3 N–H and O–H groups in total. The summed E-state index contributed by atoms with van der Waals surface area (Å²) in [7, 11) is 1.94. The molecule has 5 rings (SSSR count). The summed E-state index contributed by atoms with van der Waals surface area (Å²) in [6, 6.07) is 11.2. The summed E-state index contributed by atoms with van der Waals surface area (Å²) < 4.78 is 1.58. The molecule has 1 aliphatic carbocycles. The number of nitrogens with two attached hydrogens (primary N) is 1. The quantitative estimate of drug-likeness (QED) is 0.651. The molecule has 0 bridgehead atoms. The fraction of sp³-hybridized carbons (Fsp3) is 0.227. The van der Waals surface area contributed by atoms with Crippen molar-refractivity contribution in [3.8, 4) is 17.5 Å². The topological polar surface area (TPSA) is 97.3 Å². The Morgan fingerprint density at radius 1 is 1.38 bits per heavy atom. The zero-order chi connectivity index (χ0) is 20.3. The third kappa shape index (κ3) is 2.53. The van der Waals surface area contributed by atoms with Crippen LogP contribution in [0.15, 0.2) is 54.9 Å². The van der Waals surface area contributed by atoms with E-state index in [9.17, 15) is 9.90 Å². The van der Waals surface area contributed by atoms with Crippen molar-refractivity contribution in [2.24, 2.45) is 11.7 Å². The van der Waals surface area contributed by atoms with Crippen LogP contribution >= 0.6 is 0 Å². The maximum absolute atomic E-state index is 11.8. The average molecular weight is 385 g/mol. The molecule has 7 nitrogen and oxygen atoms in total. The fourth-order valence-electron chi connectivity index (χ4n) is 4.10. The molecule has 3 heterocycles. The number of aliphatic hydroxyl groups is 1. The third-order valence-electron chi connectivity index (χ3n) is 5.82. The van der Waals surface area contributed by atoms with Crippen LogP contribution in [0.3, 0.4) is 0 Å². The molecule has 0 radical (unpaired) electrons. The molecule has 29 heavy (non-hydrogen) atoms. The molecule has 1 aliphatic heterocycles. The van der Waals surface area contributed by atoms with E-state index in [2.05, 4.69) is 28.5 Å². The summed E-state index contributed by atoms with van der Waals surface area (Å²) in [5.41, 5.74) is 7.06. The second kappa shape index (κ2) is 5.93. The van der Waals surface area contributed by atoms with Crippen LogP contribution in [0.25, 0.3) is 16.7 Å². The van der Waals surface area contributed by atoms with Crippen LogP contribution < -0.4 is 5.73 Å². The minimum absolute atomic E-state index is 0.119. The van der Waals surface area contributed by atoms with Crippen LogP contribution in [-0.2, 0) is 0 Å². The highest BCUT2D eigenvalue weighted by molar-refractivity contribution is 6.03. The molecule has 7 heteroatoms. The van der Waals surface area contributed by atoms with Gasteiger partial charge in [-0.2, -0.15) is 5.10 Å². The SMILES string of the molecule is C=C1N(C)C2CC2C1(O)C#Cc1cccc(-n2nc(C(N)=O)c3cccnc32)c1. The smallest absolute Gasteiger partial charge is 0.269 e. The molecule has 3 atom stereocenters. The Balaban J connectivity index is 1.55. The lowest BCUT2D eigenvalue weighted by atomic mass is 9.96. The van der Waals surface area contributed by atoms with Crippen LogP contribution in [0.4, 0.5) is 0 Å². The van der Waals surface area contributed by atoms with E-state index in [0.29, 0.717) is 28.5 Å². The van der Waals surface area contributed by atoms with E-state index in [-0.39, 0.29) is 11.6 Å². The number of carbonyl (C=O) groups is 1. The molecule has 0 spiro atoms. The minimum atomic E-state index is -1.19. The molecular formula is C22H19N5O2. The van der Waals surface area contributed by atoms with Crippen molar-refractivity contribution in [2.75, 3.05) is 7.05 Å². The highest BCUT2D eigenvalue weighted by Crippen LogP contribution is 2.54. The molecule has 1 saturated heterocycles. The summed E-state index contributed by atoms with van der Waals surface area (Å²) in [6.45, 7) is 4.01. The molecular weight excluding hydrogens is 366 g/mol. The molecule has 1 aromatic carbocycles. The monoisotopic (exact) mass is 385 g/mol. The number of hydrogen-bond acceptors (Lipinski definition) is 5. The van der Waals surface area contributed by atoms with Gasteiger partial charge in [0.25, 0.3) is 5.91 Å². The Labute approximate surface area is 167 Å². The highest BCUT2D eigenvalue weighted by atomic mass is 16.3. The van der Waals surface area contributed by atoms with Crippen molar-refractivity contribution in [3.05, 3.63) is 66.1 Å². The largest absolute Gasteiger partial charge is 0.372 e. The Kier molecular flexibility index (Phi) is 3.57. The maximum atomic E-state index is 11.8. The van der Waals surface area contributed by atoms with Crippen molar-refractivity contribution in [2.45, 2.75) is 18.1 Å². The van der Waals surface area contributed by atoms with Gasteiger partial charge in [-0.15, -0.1) is 0 Å². The fourth-order valence-corrected chi connectivity index (χ4v) is 4.10. The number of pyridine rings is 1. The number of piperidine rings is 1. The van der Waals surface area contributed by atoms with Gasteiger partial charge in [-0.1, -0.05) is 24.5 Å². The van der Waals surface area contributed by atoms with Crippen LogP contribution in [0.5, 0.6) is 0 Å². The van der Waals surface area contributed by atoms with Crippen molar-refractivity contribution >= 4 is 16.9 Å². The predicted octanol–water partition coefficient (Wildman–Crippen LogP) is 1.45. The summed E-state index contributed by atoms with van der Waals surface area (Å²) in [4.78, 5) is 18.1. The average Bonchev–Trinajstić information content (AvgIpc) is 3.40. The summed E-state index contributed by atoms with van der Waals surface area (Å²) in [5.74, 6) is 5.62. The standard InChI is InChI=1S/C22H19N5O2/c1-13-22(29,17-12-18(17)26(13)2)9-8-14-5-3-6-15(11-14)27-21-16(7-4-10-24-21)19(25-27)20(23)28/h3-7,10-11,17-18,29H,1,12H2,2H3,(H2,23,28). The van der Waals surface area contributed by atoms with Gasteiger partial charge in [0.15, 0.2) is 16.9 Å². The first kappa shape index (κ1) is 17.5. The zero-order valence-electron chi connectivity index (χ0n) is 15.8. The van der Waals surface area contributed by atoms with Crippen LogP contribution in [0.1, 0.15) is 22.5 Å². The maximum Gasteiger partial charge on any atom is 0.269 e. The number of nitrogens with zero attached hydrogens (tertiary/aromatic N) is 4. The Morgan fingerprint density at radius 3 is 2.93 bits per heavy atom. The lowest BCUT2D eigenvalue weighted by Gasteiger charge is -2.24. The molecule has 144 valence electrons. The molecule has 2 fully saturated rings. The number of fused-ring (bicyclic) bond motifs is 2. The van der Waals surface area contributed by atoms with Crippen LogP contribution in [-0.4, -0.2) is 49.4 Å². The van der Waals surface area contributed by atoms with Gasteiger partial charge in [0.2, 0.25) is 0 Å². The number of likely N-dealkylation sites (N-methyl/N-ethyl adjacent to an activating group) is 1. The first-order chi connectivity index (χ1) is 13.9. The number of carbonyl (C=O) groups excluding carboxylic acids is 1. The molecule has 3 aromatic rings. The Morgan fingerprint density at radius 2 is 2.21 bits per heavy atom. The van der Waals surface area contributed by atoms with Gasteiger partial charge in [-0.05, 0) is 36.8 Å². The summed E-state index contributed by atoms with van der Waals surface area (Å²) >= 11 is 0. The van der Waals surface area contributed by atoms with E-state index in [0.717, 1.165) is 12.0 Å². The molecule has 2 aliphatic rings. The minimum Gasteiger partial charge on any atom is -0.372 e. The number of amides is 1. The molecule has 3 unspecified atom stereocenters. The van der Waals surface area contributed by atoms with E-state index in [1.807, 2.05) is 36.2 Å². The van der Waals surface area contributed by atoms with E-state index in [4.69, 9.17) is 5.73 Å². The Bertz CT molecular complexity index is 1250. The first-order valence-electron chi connectivity index (χ1n) is 9.32. The second-order valence-corrected chi connectivity index (χ2v) is 7.53. The van der Waals surface area contributed by atoms with Gasteiger partial charge in [0.05, 0.1) is 16.8 Å². The number of primary amides is 1. The molecule has 2 aromatic heterocycles. The van der Waals surface area contributed by atoms with E-state index in [1.165, 1.54) is 0 Å². The number of benzene rings is 1. The predicted molar refractivity (Wildman–Crippen MR) is 108 cm³/mol. The van der Waals surface area contributed by atoms with Gasteiger partial charge in [-0.3, -0.25) is 4.79 Å². The zero-order valence-corrected chi connectivity index (χ0v) is 15.8. The van der Waals surface area contributed by atoms with Gasteiger partial charge in [0.1, 0.15) is 0 Å². The second-order valence-electron chi connectivity index (χ2n) is 7.53. The van der Waals surface area contributed by atoms with E-state index in [1.54, 1.807) is 23.0 Å². The van der Waals surface area contributed by atoms with Gasteiger partial charge < -0.3 is 15.7 Å². The Hall–Kier alpha value is -3.63. The lowest BCUT2D eigenvalue weighted by molar-refractivity contribution is 0.0996. The summed E-state index contributed by atoms with van der Waals surface area (Å²) in [6.07, 6.45) is 2.57. The van der Waals surface area contributed by atoms with Gasteiger partial charge >= 0.3 is 0 Å². The van der Waals surface area contributed by atoms with Crippen molar-refractivity contribution in [1.82, 2.24) is 19.7 Å². The summed E-state index contributed by atoms with van der Waals surface area (Å²) in [5, 5.41) is 15.9. The molecule has 1 amide bonds. The van der Waals surface area contributed by atoms with Crippen molar-refractivity contribution in [3.63, 3.8) is 0 Å². The van der Waals surface area contributed by atoms with Crippen LogP contribution in [0, 0.1) is 17.8 Å². The van der Waals surface area contributed by atoms with Crippen molar-refractivity contribution < 1.29 is 9.90 Å². The highest BCUT2D eigenvalue weighted by Gasteiger charge is 2.62. The number of rotatable bonds is 2. The van der Waals surface area contributed by atoms with Gasteiger partial charge in [-0.25, -0.2) is 9.67 Å². The number of likely N-dealkylation sites (tertiary alicyclic amines) is 1.